The van der Waals surface area contributed by atoms with Crippen molar-refractivity contribution in [3.8, 4) is 5.75 Å². The second-order valence-electron chi connectivity index (χ2n) is 4.39. The zero-order valence-corrected chi connectivity index (χ0v) is 10.8. The number of ketones is 1. The van der Waals surface area contributed by atoms with Gasteiger partial charge in [0, 0.05) is 0 Å². The van der Waals surface area contributed by atoms with Gasteiger partial charge in [-0.1, -0.05) is 54.6 Å². The fourth-order valence-electron chi connectivity index (χ4n) is 1.93. The number of benzene rings is 2. The Morgan fingerprint density at radius 2 is 1.84 bits per heavy atom. The van der Waals surface area contributed by atoms with E-state index < -0.39 is 0 Å². The normalized spacial score (nSPS) is 10.8. The summed E-state index contributed by atoms with van der Waals surface area (Å²) in [4.78, 5) is 11.3. The Hall–Kier alpha value is -2.35. The number of carbonyl (C=O) groups is 1. The first kappa shape index (κ1) is 13.1. The monoisotopic (exact) mass is 252 g/mol. The molecule has 2 aromatic rings. The first-order valence-corrected chi connectivity index (χ1v) is 6.22. The van der Waals surface area contributed by atoms with Crippen LogP contribution >= 0.6 is 0 Å². The minimum absolute atomic E-state index is 0.0905. The van der Waals surface area contributed by atoms with Crippen molar-refractivity contribution in [2.45, 2.75) is 13.3 Å². The van der Waals surface area contributed by atoms with Crippen molar-refractivity contribution >= 4 is 11.9 Å². The van der Waals surface area contributed by atoms with Gasteiger partial charge in [0.1, 0.15) is 5.75 Å². The van der Waals surface area contributed by atoms with Gasteiger partial charge in [-0.25, -0.2) is 0 Å². The minimum atomic E-state index is -0.119. The van der Waals surface area contributed by atoms with Crippen LogP contribution in [-0.4, -0.2) is 10.9 Å². The molecule has 0 aliphatic carbocycles. The fourth-order valence-corrected chi connectivity index (χ4v) is 1.93. The number of carbonyl (C=O) groups excluding carboxylic acids is 1. The van der Waals surface area contributed by atoms with Crippen LogP contribution in [0.3, 0.4) is 0 Å². The summed E-state index contributed by atoms with van der Waals surface area (Å²) in [7, 11) is 0. The van der Waals surface area contributed by atoms with Crippen molar-refractivity contribution in [2.24, 2.45) is 0 Å². The second-order valence-corrected chi connectivity index (χ2v) is 4.39. The topological polar surface area (TPSA) is 37.3 Å². The molecule has 0 aliphatic heterocycles. The van der Waals surface area contributed by atoms with E-state index in [0.29, 0.717) is 12.0 Å². The number of Topliss-reactive ketones (excluding diaryl/α,β-unsaturated/α-hetero) is 1. The van der Waals surface area contributed by atoms with E-state index in [-0.39, 0.29) is 11.5 Å². The summed E-state index contributed by atoms with van der Waals surface area (Å²) < 4.78 is 0. The third kappa shape index (κ3) is 3.32. The lowest BCUT2D eigenvalue weighted by atomic mass is 10.0. The van der Waals surface area contributed by atoms with E-state index in [0.717, 1.165) is 11.1 Å². The molecular weight excluding hydrogens is 236 g/mol. The Morgan fingerprint density at radius 3 is 2.53 bits per heavy atom. The average Bonchev–Trinajstić information content (AvgIpc) is 2.41. The molecule has 19 heavy (non-hydrogen) atoms. The third-order valence-electron chi connectivity index (χ3n) is 2.95. The first-order chi connectivity index (χ1) is 9.18. The summed E-state index contributed by atoms with van der Waals surface area (Å²) >= 11 is 0. The number of allylic oxidation sites excluding steroid dienone is 1. The molecule has 0 unspecified atom stereocenters. The third-order valence-corrected chi connectivity index (χ3v) is 2.95. The van der Waals surface area contributed by atoms with Crippen LogP contribution in [0.15, 0.2) is 54.6 Å². The summed E-state index contributed by atoms with van der Waals surface area (Å²) in [6.07, 6.45) is 4.58. The number of hydrogen-bond donors (Lipinski definition) is 1. The molecule has 2 rings (SSSR count). The maximum Gasteiger partial charge on any atom is 0.163 e. The van der Waals surface area contributed by atoms with Crippen LogP contribution in [0.2, 0.25) is 0 Å². The van der Waals surface area contributed by atoms with E-state index in [2.05, 4.69) is 0 Å². The SMILES string of the molecule is CC(=O)c1cccc(C/C=C\c2ccccc2)c1O. The van der Waals surface area contributed by atoms with Crippen molar-refractivity contribution in [3.05, 3.63) is 71.3 Å². The first-order valence-electron chi connectivity index (χ1n) is 6.22. The molecule has 0 spiro atoms. The van der Waals surface area contributed by atoms with E-state index in [4.69, 9.17) is 0 Å². The second kappa shape index (κ2) is 6.01. The van der Waals surface area contributed by atoms with Crippen LogP contribution in [0, 0.1) is 0 Å². The maximum atomic E-state index is 11.3. The molecule has 0 bridgehead atoms. The average molecular weight is 252 g/mol. The Morgan fingerprint density at radius 1 is 1.11 bits per heavy atom. The molecule has 0 heterocycles. The van der Waals surface area contributed by atoms with Crippen LogP contribution in [0.5, 0.6) is 5.75 Å². The Kier molecular flexibility index (Phi) is 4.14. The quantitative estimate of drug-likeness (QED) is 0.839. The van der Waals surface area contributed by atoms with Crippen molar-refractivity contribution in [1.29, 1.82) is 0 Å². The number of phenolic OH excluding ortho intramolecular Hbond substituents is 1. The summed E-state index contributed by atoms with van der Waals surface area (Å²) in [6, 6.07) is 15.2. The Labute approximate surface area is 113 Å². The van der Waals surface area contributed by atoms with Crippen LogP contribution in [0.25, 0.3) is 6.08 Å². The number of hydrogen-bond acceptors (Lipinski definition) is 2. The van der Waals surface area contributed by atoms with E-state index in [1.807, 2.05) is 48.6 Å². The molecular formula is C17H16O2. The number of aromatic hydroxyl groups is 1. The molecule has 0 aliphatic rings. The van der Waals surface area contributed by atoms with E-state index >= 15 is 0 Å². The smallest absolute Gasteiger partial charge is 0.163 e. The molecule has 0 saturated heterocycles. The van der Waals surface area contributed by atoms with Crippen molar-refractivity contribution in [1.82, 2.24) is 0 Å². The molecule has 96 valence electrons. The van der Waals surface area contributed by atoms with Crippen molar-refractivity contribution < 1.29 is 9.90 Å². The molecule has 2 aromatic carbocycles. The van der Waals surface area contributed by atoms with Crippen LogP contribution in [0.1, 0.15) is 28.4 Å². The summed E-state index contributed by atoms with van der Waals surface area (Å²) in [5.41, 5.74) is 2.26. The highest BCUT2D eigenvalue weighted by molar-refractivity contribution is 5.97. The van der Waals surface area contributed by atoms with Gasteiger partial charge in [0.25, 0.3) is 0 Å². The fraction of sp³-hybridized carbons (Fsp3) is 0.118. The molecule has 1 N–H and O–H groups in total. The van der Waals surface area contributed by atoms with Gasteiger partial charge in [-0.15, -0.1) is 0 Å². The molecule has 2 heteroatoms. The lowest BCUT2D eigenvalue weighted by molar-refractivity contribution is 0.101. The number of rotatable bonds is 4. The van der Waals surface area contributed by atoms with Crippen LogP contribution in [-0.2, 0) is 6.42 Å². The Balaban J connectivity index is 2.14. The maximum absolute atomic E-state index is 11.3. The Bertz CT molecular complexity index is 598. The molecule has 0 saturated carbocycles. The van der Waals surface area contributed by atoms with Gasteiger partial charge < -0.3 is 5.11 Å². The molecule has 2 nitrogen and oxygen atoms in total. The van der Waals surface area contributed by atoms with Gasteiger partial charge in [-0.05, 0) is 30.5 Å². The van der Waals surface area contributed by atoms with Crippen molar-refractivity contribution in [2.75, 3.05) is 0 Å². The predicted octanol–water partition coefficient (Wildman–Crippen LogP) is 3.85. The van der Waals surface area contributed by atoms with Crippen LogP contribution in [0.4, 0.5) is 0 Å². The molecule has 0 atom stereocenters. The molecule has 0 fully saturated rings. The summed E-state index contributed by atoms with van der Waals surface area (Å²) in [5, 5.41) is 10.0. The molecule has 0 aromatic heterocycles. The van der Waals surface area contributed by atoms with E-state index in [1.165, 1.54) is 6.92 Å². The standard InChI is InChI=1S/C17H16O2/c1-13(18)16-12-6-11-15(17(16)19)10-5-9-14-7-3-2-4-8-14/h2-9,11-12,19H,10H2,1H3/b9-5-. The predicted molar refractivity (Wildman–Crippen MR) is 77.3 cm³/mol. The summed E-state index contributed by atoms with van der Waals surface area (Å²) in [5.74, 6) is -0.0286. The summed E-state index contributed by atoms with van der Waals surface area (Å²) in [6.45, 7) is 1.46. The van der Waals surface area contributed by atoms with Gasteiger partial charge in [0.2, 0.25) is 0 Å². The molecule has 0 radical (unpaired) electrons. The van der Waals surface area contributed by atoms with Crippen LogP contribution < -0.4 is 0 Å². The molecule has 0 amide bonds. The lowest BCUT2D eigenvalue weighted by Crippen LogP contribution is -1.95. The van der Waals surface area contributed by atoms with Gasteiger partial charge in [0.15, 0.2) is 5.78 Å². The highest BCUT2D eigenvalue weighted by Crippen LogP contribution is 2.23. The van der Waals surface area contributed by atoms with E-state index in [9.17, 15) is 9.90 Å². The number of phenols is 1. The largest absolute Gasteiger partial charge is 0.507 e. The van der Waals surface area contributed by atoms with Gasteiger partial charge in [-0.3, -0.25) is 4.79 Å². The van der Waals surface area contributed by atoms with Gasteiger partial charge >= 0.3 is 0 Å². The highest BCUT2D eigenvalue weighted by atomic mass is 16.3. The number of para-hydroxylation sites is 1. The van der Waals surface area contributed by atoms with Gasteiger partial charge in [0.05, 0.1) is 5.56 Å². The minimum Gasteiger partial charge on any atom is -0.507 e. The zero-order valence-electron chi connectivity index (χ0n) is 10.8. The van der Waals surface area contributed by atoms with E-state index in [1.54, 1.807) is 12.1 Å². The van der Waals surface area contributed by atoms with Gasteiger partial charge in [-0.2, -0.15) is 0 Å². The lowest BCUT2D eigenvalue weighted by Gasteiger charge is -2.05. The zero-order chi connectivity index (χ0) is 13.7. The highest BCUT2D eigenvalue weighted by Gasteiger charge is 2.08. The van der Waals surface area contributed by atoms with Crippen molar-refractivity contribution in [3.63, 3.8) is 0 Å².